The van der Waals surface area contributed by atoms with Crippen molar-refractivity contribution in [2.24, 2.45) is 0 Å². The maximum absolute atomic E-state index is 11.9. The predicted octanol–water partition coefficient (Wildman–Crippen LogP) is 8.01. The molecule has 3 rings (SSSR count). The third kappa shape index (κ3) is 11.5. The zero-order chi connectivity index (χ0) is 29.6. The van der Waals surface area contributed by atoms with Crippen LogP contribution in [0.2, 0.25) is 0 Å². The van der Waals surface area contributed by atoms with Crippen LogP contribution < -0.4 is 0 Å². The Morgan fingerprint density at radius 2 is 1.05 bits per heavy atom. The normalized spacial score (nSPS) is 12.3. The lowest BCUT2D eigenvalue weighted by atomic mass is 10.0. The number of rotatable bonds is 21. The molecule has 0 atom stereocenters. The molecular formula is C31H46N2O6S2. The summed E-state index contributed by atoms with van der Waals surface area (Å²) in [5.41, 5.74) is 1.52. The highest BCUT2D eigenvalue weighted by molar-refractivity contribution is 7.86. The van der Waals surface area contributed by atoms with Crippen LogP contribution in [-0.4, -0.2) is 35.5 Å². The van der Waals surface area contributed by atoms with Gasteiger partial charge < -0.3 is 4.57 Å². The van der Waals surface area contributed by atoms with Gasteiger partial charge in [-0.2, -0.15) is 16.8 Å². The summed E-state index contributed by atoms with van der Waals surface area (Å²) in [6, 6.07) is 14.8. The lowest BCUT2D eigenvalue weighted by Gasteiger charge is -2.08. The summed E-state index contributed by atoms with van der Waals surface area (Å²) in [5.74, 6) is 0. The van der Waals surface area contributed by atoms with E-state index in [4.69, 9.17) is 0 Å². The highest BCUT2D eigenvalue weighted by atomic mass is 32.2. The van der Waals surface area contributed by atoms with Crippen molar-refractivity contribution in [3.8, 4) is 0 Å². The van der Waals surface area contributed by atoms with E-state index in [-0.39, 0.29) is 17.6 Å². The number of imidazole rings is 1. The number of fused-ring (bicyclic) bond motifs is 1. The molecule has 0 fully saturated rings. The number of nitrogens with zero attached hydrogens (tertiary/aromatic N) is 2. The molecule has 0 saturated heterocycles. The maximum Gasteiger partial charge on any atom is 0.328 e. The van der Waals surface area contributed by atoms with E-state index >= 15 is 0 Å². The van der Waals surface area contributed by atoms with Crippen molar-refractivity contribution in [3.63, 3.8) is 0 Å². The highest BCUT2D eigenvalue weighted by Gasteiger charge is 2.25. The number of aromatic nitrogens is 2. The summed E-state index contributed by atoms with van der Waals surface area (Å²) >= 11 is 0. The van der Waals surface area contributed by atoms with Crippen molar-refractivity contribution < 1.29 is 25.9 Å². The quantitative estimate of drug-likeness (QED) is 0.0928. The molecule has 0 aliphatic rings. The zero-order valence-corrected chi connectivity index (χ0v) is 25.7. The standard InChI is InChI=1S/C31H46N2O6S2/c34-40(35,36)29-25-20-24-28-30(29)32-31(41(37,38)39)33(28)26-19-14-12-10-8-6-4-2-1-3-5-7-9-11-13-16-21-27-22-17-15-18-23-27/h15,17-18,20,22-25H,1-14,16,19,21,26H2,(H,34,35,36)(H,37,38,39). The number of hydrogen-bond donors (Lipinski definition) is 2. The molecule has 0 saturated carbocycles. The molecule has 0 aliphatic heterocycles. The lowest BCUT2D eigenvalue weighted by Crippen LogP contribution is -2.10. The Hall–Kier alpha value is -2.27. The topological polar surface area (TPSA) is 127 Å². The molecule has 1 heterocycles. The molecule has 8 nitrogen and oxygen atoms in total. The molecule has 0 amide bonds. The first-order valence-electron chi connectivity index (χ1n) is 15.2. The van der Waals surface area contributed by atoms with E-state index in [1.807, 2.05) is 0 Å². The Morgan fingerprint density at radius 3 is 1.54 bits per heavy atom. The fourth-order valence-electron chi connectivity index (χ4n) is 5.44. The molecular weight excluding hydrogens is 560 g/mol. The van der Waals surface area contributed by atoms with E-state index in [1.165, 1.54) is 106 Å². The summed E-state index contributed by atoms with van der Waals surface area (Å²) in [5, 5.41) is -0.609. The molecule has 0 aliphatic carbocycles. The fourth-order valence-corrected chi connectivity index (χ4v) is 6.76. The van der Waals surface area contributed by atoms with Gasteiger partial charge in [-0.25, -0.2) is 4.98 Å². The summed E-state index contributed by atoms with van der Waals surface area (Å²) in [6.45, 7) is 0.272. The molecule has 2 aromatic carbocycles. The molecule has 1 aromatic heterocycles. The van der Waals surface area contributed by atoms with Crippen LogP contribution in [0.3, 0.4) is 0 Å². The SMILES string of the molecule is O=S(=O)(O)c1cccc2c1nc(S(=O)(=O)O)n2CCCCCCCCCCCCCCCCCCc1ccccc1. The van der Waals surface area contributed by atoms with E-state index in [2.05, 4.69) is 35.3 Å². The van der Waals surface area contributed by atoms with Gasteiger partial charge in [-0.05, 0) is 37.0 Å². The van der Waals surface area contributed by atoms with Gasteiger partial charge in [-0.3, -0.25) is 9.11 Å². The highest BCUT2D eigenvalue weighted by Crippen LogP contribution is 2.26. The van der Waals surface area contributed by atoms with Crippen LogP contribution in [0.25, 0.3) is 11.0 Å². The Morgan fingerprint density at radius 1 is 0.561 bits per heavy atom. The summed E-state index contributed by atoms with van der Waals surface area (Å²) < 4.78 is 67.5. The average molecular weight is 607 g/mol. The number of unbranched alkanes of at least 4 members (excludes halogenated alkanes) is 15. The summed E-state index contributed by atoms with van der Waals surface area (Å²) in [7, 11) is -9.26. The first-order valence-corrected chi connectivity index (χ1v) is 18.0. The molecule has 10 heteroatoms. The number of aryl methyl sites for hydroxylation is 2. The summed E-state index contributed by atoms with van der Waals surface area (Å²) in [6.07, 6.45) is 20.6. The smallest absolute Gasteiger partial charge is 0.313 e. The number of hydrogen-bond acceptors (Lipinski definition) is 5. The largest absolute Gasteiger partial charge is 0.328 e. The molecule has 0 spiro atoms. The van der Waals surface area contributed by atoms with E-state index < -0.39 is 30.3 Å². The molecule has 2 N–H and O–H groups in total. The van der Waals surface area contributed by atoms with Crippen molar-refractivity contribution in [2.75, 3.05) is 0 Å². The van der Waals surface area contributed by atoms with Gasteiger partial charge in [0.1, 0.15) is 10.4 Å². The van der Waals surface area contributed by atoms with Gasteiger partial charge in [0.15, 0.2) is 0 Å². The van der Waals surface area contributed by atoms with Crippen LogP contribution in [0, 0.1) is 0 Å². The molecule has 228 valence electrons. The minimum Gasteiger partial charge on any atom is -0.313 e. The van der Waals surface area contributed by atoms with Crippen molar-refractivity contribution in [1.29, 1.82) is 0 Å². The van der Waals surface area contributed by atoms with Gasteiger partial charge in [0.2, 0.25) is 0 Å². The van der Waals surface area contributed by atoms with E-state index in [0.29, 0.717) is 6.42 Å². The van der Waals surface area contributed by atoms with Crippen LogP contribution in [0.15, 0.2) is 58.6 Å². The van der Waals surface area contributed by atoms with E-state index in [9.17, 15) is 25.9 Å². The molecule has 0 radical (unpaired) electrons. The Labute approximate surface area is 246 Å². The second-order valence-electron chi connectivity index (χ2n) is 11.0. The predicted molar refractivity (Wildman–Crippen MR) is 163 cm³/mol. The Bertz CT molecular complexity index is 1400. The first-order chi connectivity index (χ1) is 19.7. The Balaban J connectivity index is 1.20. The maximum atomic E-state index is 11.9. The van der Waals surface area contributed by atoms with Crippen LogP contribution >= 0.6 is 0 Å². The third-order valence-electron chi connectivity index (χ3n) is 7.66. The molecule has 0 bridgehead atoms. The van der Waals surface area contributed by atoms with Gasteiger partial charge in [0.05, 0.1) is 5.52 Å². The van der Waals surface area contributed by atoms with Crippen molar-refractivity contribution in [2.45, 2.75) is 126 Å². The summed E-state index contributed by atoms with van der Waals surface area (Å²) in [4.78, 5) is 3.36. The second kappa shape index (κ2) is 17.0. The van der Waals surface area contributed by atoms with Crippen LogP contribution in [0.5, 0.6) is 0 Å². The monoisotopic (exact) mass is 606 g/mol. The van der Waals surface area contributed by atoms with E-state index in [1.54, 1.807) is 0 Å². The van der Waals surface area contributed by atoms with Crippen LogP contribution in [-0.2, 0) is 33.2 Å². The molecule has 3 aromatic rings. The van der Waals surface area contributed by atoms with E-state index in [0.717, 1.165) is 25.3 Å². The van der Waals surface area contributed by atoms with Gasteiger partial charge >= 0.3 is 10.1 Å². The Kier molecular flexibility index (Phi) is 13.8. The molecule has 0 unspecified atom stereocenters. The number of benzene rings is 2. The minimum absolute atomic E-state index is 0.169. The van der Waals surface area contributed by atoms with Crippen molar-refractivity contribution in [3.05, 3.63) is 54.1 Å². The zero-order valence-electron chi connectivity index (χ0n) is 24.1. The minimum atomic E-state index is -4.66. The van der Waals surface area contributed by atoms with Gasteiger partial charge in [-0.15, -0.1) is 0 Å². The molecule has 41 heavy (non-hydrogen) atoms. The van der Waals surface area contributed by atoms with Gasteiger partial charge in [0, 0.05) is 6.54 Å². The average Bonchev–Trinajstić information content (AvgIpc) is 3.31. The lowest BCUT2D eigenvalue weighted by molar-refractivity contribution is 0.458. The van der Waals surface area contributed by atoms with Gasteiger partial charge in [-0.1, -0.05) is 126 Å². The fraction of sp³-hybridized carbons (Fsp3) is 0.581. The van der Waals surface area contributed by atoms with Crippen molar-refractivity contribution >= 4 is 31.3 Å². The van der Waals surface area contributed by atoms with Gasteiger partial charge in [0.25, 0.3) is 15.3 Å². The van der Waals surface area contributed by atoms with Crippen molar-refractivity contribution in [1.82, 2.24) is 9.55 Å². The second-order valence-corrected chi connectivity index (χ2v) is 13.7. The first kappa shape index (κ1) is 33.2. The van der Waals surface area contributed by atoms with Crippen LogP contribution in [0.4, 0.5) is 0 Å². The number of para-hydroxylation sites is 1. The van der Waals surface area contributed by atoms with Crippen LogP contribution in [0.1, 0.15) is 108 Å². The third-order valence-corrected chi connectivity index (χ3v) is 9.31.